The molecule has 8 nitrogen and oxygen atoms in total. The van der Waals surface area contributed by atoms with Gasteiger partial charge in [-0.05, 0) is 48.9 Å². The predicted octanol–water partition coefficient (Wildman–Crippen LogP) is 2.90. The Bertz CT molecular complexity index is 1010. The summed E-state index contributed by atoms with van der Waals surface area (Å²) in [5.74, 6) is -3.23. The van der Waals surface area contributed by atoms with E-state index in [9.17, 15) is 33.0 Å². The maximum absolute atomic E-state index is 14.0. The summed E-state index contributed by atoms with van der Waals surface area (Å²) in [5, 5.41) is 24.3. The van der Waals surface area contributed by atoms with Crippen LogP contribution in [0.2, 0.25) is 0 Å². The van der Waals surface area contributed by atoms with Gasteiger partial charge >= 0.3 is 12.2 Å². The Hall–Kier alpha value is -3.47. The summed E-state index contributed by atoms with van der Waals surface area (Å²) in [6.07, 6.45) is -5.38. The largest absolute Gasteiger partial charge is 0.504 e. The molecule has 3 rings (SSSR count). The van der Waals surface area contributed by atoms with Crippen molar-refractivity contribution in [2.24, 2.45) is 5.92 Å². The number of phenols is 1. The summed E-state index contributed by atoms with van der Waals surface area (Å²) in [6.45, 7) is 1.78. The average Bonchev–Trinajstić information content (AvgIpc) is 2.74. The summed E-state index contributed by atoms with van der Waals surface area (Å²) >= 11 is 0. The van der Waals surface area contributed by atoms with E-state index in [1.807, 2.05) is 0 Å². The number of carbonyl (C=O) groups is 2. The normalized spacial score (nSPS) is 23.1. The number of amides is 2. The number of halogens is 3. The lowest BCUT2D eigenvalue weighted by Crippen LogP contribution is -2.72. The van der Waals surface area contributed by atoms with E-state index in [0.29, 0.717) is 5.75 Å². The van der Waals surface area contributed by atoms with Gasteiger partial charge in [-0.1, -0.05) is 6.07 Å². The van der Waals surface area contributed by atoms with E-state index in [-0.39, 0.29) is 29.2 Å². The van der Waals surface area contributed by atoms with Crippen molar-refractivity contribution in [2.75, 3.05) is 13.7 Å². The van der Waals surface area contributed by atoms with Crippen LogP contribution in [0.4, 0.5) is 18.0 Å². The molecule has 1 aliphatic rings. The molecule has 11 heteroatoms. The molecular weight excluding hydrogens is 433 g/mol. The minimum atomic E-state index is -5.38. The fourth-order valence-corrected chi connectivity index (χ4v) is 3.55. The number of methoxy groups -OCH3 is 1. The van der Waals surface area contributed by atoms with Gasteiger partial charge in [-0.25, -0.2) is 4.79 Å². The number of aliphatic hydroxyl groups is 1. The monoisotopic (exact) mass is 454 g/mol. The number of nitrogens with one attached hydrogen (secondary N) is 2. The van der Waals surface area contributed by atoms with Crippen molar-refractivity contribution in [3.05, 3.63) is 53.6 Å². The van der Waals surface area contributed by atoms with Crippen LogP contribution in [-0.2, 0) is 0 Å². The standard InChI is InChI=1S/C21H21F3N2O6/c1-3-32-15-10-12(6-9-14(15)27)17-16(18(28)11-4-7-13(31-2)8-5-11)20(30,21(22,23)24)26-19(29)25-17/h4-10,16-17,27,30H,3H2,1-2H3,(H2,25,26,29)/t16-,17-,20+/m0/s1. The van der Waals surface area contributed by atoms with Gasteiger partial charge in [0.15, 0.2) is 17.3 Å². The van der Waals surface area contributed by atoms with Gasteiger partial charge in [-0.3, -0.25) is 4.79 Å². The lowest BCUT2D eigenvalue weighted by molar-refractivity contribution is -0.287. The van der Waals surface area contributed by atoms with Crippen LogP contribution in [0.3, 0.4) is 0 Å². The van der Waals surface area contributed by atoms with Crippen LogP contribution in [0.15, 0.2) is 42.5 Å². The SMILES string of the molecule is CCOc1cc([C@@H]2NC(=O)N[C@](O)(C(F)(F)F)[C@@H]2C(=O)c2ccc(OC)cc2)ccc1O. The summed E-state index contributed by atoms with van der Waals surface area (Å²) in [4.78, 5) is 25.3. The Morgan fingerprint density at radius 2 is 1.84 bits per heavy atom. The third-order valence-electron chi connectivity index (χ3n) is 5.11. The van der Waals surface area contributed by atoms with Crippen LogP contribution in [0.1, 0.15) is 28.9 Å². The van der Waals surface area contributed by atoms with E-state index in [0.717, 1.165) is 6.07 Å². The molecule has 2 aromatic rings. The third-order valence-corrected chi connectivity index (χ3v) is 5.11. The lowest BCUT2D eigenvalue weighted by atomic mass is 9.77. The van der Waals surface area contributed by atoms with Crippen LogP contribution in [0.5, 0.6) is 17.2 Å². The maximum Gasteiger partial charge on any atom is 0.437 e. The molecule has 0 unspecified atom stereocenters. The van der Waals surface area contributed by atoms with Crippen molar-refractivity contribution in [1.29, 1.82) is 0 Å². The summed E-state index contributed by atoms with van der Waals surface area (Å²) in [6, 6.07) is 5.98. The highest BCUT2D eigenvalue weighted by molar-refractivity contribution is 6.00. The first-order valence-electron chi connectivity index (χ1n) is 9.53. The van der Waals surface area contributed by atoms with Gasteiger partial charge in [0.05, 0.1) is 19.8 Å². The van der Waals surface area contributed by atoms with Crippen molar-refractivity contribution >= 4 is 11.8 Å². The number of carbonyl (C=O) groups excluding carboxylic acids is 2. The van der Waals surface area contributed by atoms with Crippen LogP contribution in [-0.4, -0.2) is 47.6 Å². The lowest BCUT2D eigenvalue weighted by Gasteiger charge is -2.45. The van der Waals surface area contributed by atoms with Crippen LogP contribution < -0.4 is 20.1 Å². The van der Waals surface area contributed by atoms with E-state index < -0.39 is 35.7 Å². The number of hydrogen-bond acceptors (Lipinski definition) is 6. The van der Waals surface area contributed by atoms with E-state index >= 15 is 0 Å². The van der Waals surface area contributed by atoms with E-state index in [4.69, 9.17) is 9.47 Å². The number of hydrogen-bond donors (Lipinski definition) is 4. The molecule has 0 radical (unpaired) electrons. The fourth-order valence-electron chi connectivity index (χ4n) is 3.55. The van der Waals surface area contributed by atoms with E-state index in [2.05, 4.69) is 5.32 Å². The molecule has 0 aliphatic carbocycles. The van der Waals surface area contributed by atoms with Crippen molar-refractivity contribution in [2.45, 2.75) is 24.9 Å². The quantitative estimate of drug-likeness (QED) is 0.499. The Morgan fingerprint density at radius 1 is 1.19 bits per heavy atom. The van der Waals surface area contributed by atoms with Crippen LogP contribution in [0, 0.1) is 5.92 Å². The van der Waals surface area contributed by atoms with Crippen molar-refractivity contribution in [3.8, 4) is 17.2 Å². The van der Waals surface area contributed by atoms with Gasteiger partial charge < -0.3 is 30.3 Å². The van der Waals surface area contributed by atoms with Gasteiger partial charge in [0.2, 0.25) is 5.72 Å². The van der Waals surface area contributed by atoms with Gasteiger partial charge in [-0.15, -0.1) is 0 Å². The van der Waals surface area contributed by atoms with Gasteiger partial charge in [0, 0.05) is 5.56 Å². The zero-order chi connectivity index (χ0) is 23.7. The van der Waals surface area contributed by atoms with Crippen molar-refractivity contribution in [3.63, 3.8) is 0 Å². The average molecular weight is 454 g/mol. The number of ketones is 1. The van der Waals surface area contributed by atoms with Gasteiger partial charge in [0.1, 0.15) is 11.7 Å². The van der Waals surface area contributed by atoms with E-state index in [1.165, 1.54) is 48.8 Å². The third kappa shape index (κ3) is 4.15. The number of Topliss-reactive ketones (excluding diaryl/α,β-unsaturated/α-hetero) is 1. The topological polar surface area (TPSA) is 117 Å². The highest BCUT2D eigenvalue weighted by Gasteiger charge is 2.66. The Kier molecular flexibility index (Phi) is 6.22. The van der Waals surface area contributed by atoms with Crippen molar-refractivity contribution in [1.82, 2.24) is 10.6 Å². The minimum absolute atomic E-state index is 0.0237. The molecule has 1 aliphatic heterocycles. The second kappa shape index (κ2) is 8.58. The molecule has 3 atom stereocenters. The zero-order valence-electron chi connectivity index (χ0n) is 17.1. The molecule has 32 heavy (non-hydrogen) atoms. The second-order valence-electron chi connectivity index (χ2n) is 7.07. The molecule has 1 fully saturated rings. The zero-order valence-corrected chi connectivity index (χ0v) is 17.1. The Morgan fingerprint density at radius 3 is 2.41 bits per heavy atom. The fraction of sp³-hybridized carbons (Fsp3) is 0.333. The molecular formula is C21H21F3N2O6. The molecule has 0 bridgehead atoms. The predicted molar refractivity (Wildman–Crippen MR) is 106 cm³/mol. The first kappa shape index (κ1) is 23.2. The number of benzene rings is 2. The number of phenolic OH excluding ortho intramolecular Hbond substituents is 1. The molecule has 172 valence electrons. The second-order valence-corrected chi connectivity index (χ2v) is 7.07. The van der Waals surface area contributed by atoms with E-state index in [1.54, 1.807) is 6.92 Å². The molecule has 2 amide bonds. The molecule has 0 spiro atoms. The van der Waals surface area contributed by atoms with Crippen molar-refractivity contribution < 1.29 is 42.4 Å². The smallest absolute Gasteiger partial charge is 0.437 e. The highest BCUT2D eigenvalue weighted by Crippen LogP contribution is 2.45. The first-order chi connectivity index (χ1) is 15.0. The number of ether oxygens (including phenoxy) is 2. The molecule has 4 N–H and O–H groups in total. The maximum atomic E-state index is 14.0. The van der Waals surface area contributed by atoms with Gasteiger partial charge in [-0.2, -0.15) is 13.2 Å². The molecule has 1 heterocycles. The summed E-state index contributed by atoms with van der Waals surface area (Å²) < 4.78 is 52.2. The number of alkyl halides is 3. The molecule has 0 saturated carbocycles. The van der Waals surface area contributed by atoms with Crippen LogP contribution >= 0.6 is 0 Å². The number of urea groups is 1. The number of rotatable bonds is 6. The molecule has 1 saturated heterocycles. The highest BCUT2D eigenvalue weighted by atomic mass is 19.4. The summed E-state index contributed by atoms with van der Waals surface area (Å²) in [7, 11) is 1.39. The molecule has 2 aromatic carbocycles. The Labute approximate surface area is 181 Å². The molecule has 0 aromatic heterocycles. The van der Waals surface area contributed by atoms with Crippen LogP contribution in [0.25, 0.3) is 0 Å². The Balaban J connectivity index is 2.15. The summed E-state index contributed by atoms with van der Waals surface area (Å²) in [5.41, 5.74) is -3.97. The first-order valence-corrected chi connectivity index (χ1v) is 9.53. The number of aromatic hydroxyl groups is 1. The minimum Gasteiger partial charge on any atom is -0.504 e. The van der Waals surface area contributed by atoms with Gasteiger partial charge in [0.25, 0.3) is 0 Å².